The first-order chi connectivity index (χ1) is 10.1. The van der Waals surface area contributed by atoms with Gasteiger partial charge in [0.15, 0.2) is 0 Å². The van der Waals surface area contributed by atoms with E-state index < -0.39 is 17.1 Å². The molecule has 1 aromatic heterocycles. The standard InChI is InChI=1S/C14H16N2O5/c1-2-21-8-4-7-16-11-9(14(19)20)5-3-6-10(11)15-12(17)13(16)18/h3,5-6H,2,4,7-8H2,1H3,(H,15,17)(H,19,20). The second kappa shape index (κ2) is 6.36. The molecule has 2 rings (SSSR count). The molecule has 7 heteroatoms. The first kappa shape index (κ1) is 15.0. The van der Waals surface area contributed by atoms with Crippen LogP contribution in [0.15, 0.2) is 27.8 Å². The van der Waals surface area contributed by atoms with E-state index in [1.54, 1.807) is 6.07 Å². The van der Waals surface area contributed by atoms with Gasteiger partial charge in [-0.1, -0.05) is 6.07 Å². The van der Waals surface area contributed by atoms with E-state index >= 15 is 0 Å². The molecule has 0 spiro atoms. The number of aromatic nitrogens is 2. The number of aromatic amines is 1. The number of carbonyl (C=O) groups is 1. The van der Waals surface area contributed by atoms with Gasteiger partial charge in [0.1, 0.15) is 0 Å². The summed E-state index contributed by atoms with van der Waals surface area (Å²) in [6.07, 6.45) is 0.514. The van der Waals surface area contributed by atoms with Gasteiger partial charge in [-0.25, -0.2) is 4.79 Å². The molecule has 21 heavy (non-hydrogen) atoms. The van der Waals surface area contributed by atoms with Crippen molar-refractivity contribution in [3.63, 3.8) is 0 Å². The van der Waals surface area contributed by atoms with Gasteiger partial charge in [0.25, 0.3) is 0 Å². The van der Waals surface area contributed by atoms with Crippen LogP contribution in [-0.4, -0.2) is 33.8 Å². The Hall–Kier alpha value is -2.41. The fourth-order valence-electron chi connectivity index (χ4n) is 2.19. The molecule has 0 fully saturated rings. The maximum atomic E-state index is 12.0. The molecule has 2 N–H and O–H groups in total. The Labute approximate surface area is 119 Å². The summed E-state index contributed by atoms with van der Waals surface area (Å²) in [7, 11) is 0. The summed E-state index contributed by atoms with van der Waals surface area (Å²) in [6.45, 7) is 3.08. The Morgan fingerprint density at radius 2 is 2.14 bits per heavy atom. The zero-order chi connectivity index (χ0) is 15.4. The Morgan fingerprint density at radius 3 is 2.81 bits per heavy atom. The van der Waals surface area contributed by atoms with Crippen molar-refractivity contribution in [2.24, 2.45) is 0 Å². The first-order valence-corrected chi connectivity index (χ1v) is 6.63. The van der Waals surface area contributed by atoms with Crippen molar-refractivity contribution >= 4 is 17.0 Å². The van der Waals surface area contributed by atoms with E-state index in [9.17, 15) is 19.5 Å². The van der Waals surface area contributed by atoms with E-state index in [0.29, 0.717) is 25.2 Å². The van der Waals surface area contributed by atoms with Crippen molar-refractivity contribution in [3.05, 3.63) is 44.5 Å². The lowest BCUT2D eigenvalue weighted by molar-refractivity contribution is 0.0698. The van der Waals surface area contributed by atoms with Crippen LogP contribution in [0.25, 0.3) is 11.0 Å². The topological polar surface area (TPSA) is 101 Å². The van der Waals surface area contributed by atoms with Crippen LogP contribution in [0, 0.1) is 0 Å². The third kappa shape index (κ3) is 3.03. The summed E-state index contributed by atoms with van der Waals surface area (Å²) in [4.78, 5) is 37.4. The maximum absolute atomic E-state index is 12.0. The molecule has 0 atom stereocenters. The third-order valence-corrected chi connectivity index (χ3v) is 3.10. The lowest BCUT2D eigenvalue weighted by atomic mass is 10.1. The molecule has 0 aliphatic heterocycles. The fraction of sp³-hybridized carbons (Fsp3) is 0.357. The molecule has 112 valence electrons. The van der Waals surface area contributed by atoms with E-state index in [1.807, 2.05) is 6.92 Å². The predicted octanol–water partition coefficient (Wildman–Crippen LogP) is 0.815. The molecule has 0 aliphatic carbocycles. The zero-order valence-corrected chi connectivity index (χ0v) is 11.6. The highest BCUT2D eigenvalue weighted by molar-refractivity contribution is 6.00. The van der Waals surface area contributed by atoms with E-state index in [0.717, 1.165) is 0 Å². The molecule has 2 aromatic rings. The van der Waals surface area contributed by atoms with Crippen molar-refractivity contribution in [1.29, 1.82) is 0 Å². The molecule has 0 saturated heterocycles. The van der Waals surface area contributed by atoms with Gasteiger partial charge in [-0.3, -0.25) is 9.59 Å². The Bertz CT molecular complexity index is 775. The minimum absolute atomic E-state index is 0.0164. The number of fused-ring (bicyclic) bond motifs is 1. The highest BCUT2D eigenvalue weighted by atomic mass is 16.5. The van der Waals surface area contributed by atoms with Crippen molar-refractivity contribution in [1.82, 2.24) is 9.55 Å². The molecular weight excluding hydrogens is 276 g/mol. The van der Waals surface area contributed by atoms with E-state index in [4.69, 9.17) is 4.74 Å². The lowest BCUT2D eigenvalue weighted by Crippen LogP contribution is -2.37. The number of hydrogen-bond donors (Lipinski definition) is 2. The normalized spacial score (nSPS) is 10.9. The first-order valence-electron chi connectivity index (χ1n) is 6.63. The average Bonchev–Trinajstić information content (AvgIpc) is 2.46. The van der Waals surface area contributed by atoms with Crippen molar-refractivity contribution in [2.45, 2.75) is 19.9 Å². The van der Waals surface area contributed by atoms with Gasteiger partial charge in [0.05, 0.1) is 16.6 Å². The molecule has 7 nitrogen and oxygen atoms in total. The number of aryl methyl sites for hydroxylation is 1. The van der Waals surface area contributed by atoms with Crippen LogP contribution in [0.4, 0.5) is 0 Å². The number of para-hydroxylation sites is 1. The summed E-state index contributed by atoms with van der Waals surface area (Å²) in [6, 6.07) is 4.50. The summed E-state index contributed by atoms with van der Waals surface area (Å²) < 4.78 is 6.40. The van der Waals surface area contributed by atoms with Gasteiger partial charge in [-0.05, 0) is 25.5 Å². The molecular formula is C14H16N2O5. The van der Waals surface area contributed by atoms with Crippen LogP contribution in [0.1, 0.15) is 23.7 Å². The van der Waals surface area contributed by atoms with Crippen molar-refractivity contribution in [3.8, 4) is 0 Å². The molecule has 0 unspecified atom stereocenters. The summed E-state index contributed by atoms with van der Waals surface area (Å²) in [5.41, 5.74) is -0.978. The average molecular weight is 292 g/mol. The van der Waals surface area contributed by atoms with E-state index in [-0.39, 0.29) is 17.6 Å². The van der Waals surface area contributed by atoms with Crippen LogP contribution in [-0.2, 0) is 11.3 Å². The van der Waals surface area contributed by atoms with Crippen LogP contribution >= 0.6 is 0 Å². The van der Waals surface area contributed by atoms with Gasteiger partial charge >= 0.3 is 17.1 Å². The lowest BCUT2D eigenvalue weighted by Gasteiger charge is -2.11. The predicted molar refractivity (Wildman–Crippen MR) is 76.9 cm³/mol. The highest BCUT2D eigenvalue weighted by Gasteiger charge is 2.15. The third-order valence-electron chi connectivity index (χ3n) is 3.10. The van der Waals surface area contributed by atoms with Gasteiger partial charge < -0.3 is 19.4 Å². The largest absolute Gasteiger partial charge is 0.478 e. The molecule has 0 aliphatic rings. The monoisotopic (exact) mass is 292 g/mol. The van der Waals surface area contributed by atoms with Gasteiger partial charge in [0.2, 0.25) is 0 Å². The molecule has 1 aromatic carbocycles. The molecule has 0 amide bonds. The van der Waals surface area contributed by atoms with Gasteiger partial charge in [-0.2, -0.15) is 0 Å². The number of nitrogens with zero attached hydrogens (tertiary/aromatic N) is 1. The smallest absolute Gasteiger partial charge is 0.337 e. The number of nitrogens with one attached hydrogen (secondary N) is 1. The van der Waals surface area contributed by atoms with Crippen LogP contribution in [0.3, 0.4) is 0 Å². The Balaban J connectivity index is 2.59. The van der Waals surface area contributed by atoms with Crippen molar-refractivity contribution in [2.75, 3.05) is 13.2 Å². The second-order valence-electron chi connectivity index (χ2n) is 4.47. The van der Waals surface area contributed by atoms with E-state index in [1.165, 1.54) is 16.7 Å². The minimum Gasteiger partial charge on any atom is -0.478 e. The quantitative estimate of drug-likeness (QED) is 0.606. The second-order valence-corrected chi connectivity index (χ2v) is 4.47. The molecule has 0 radical (unpaired) electrons. The maximum Gasteiger partial charge on any atom is 0.337 e. The summed E-state index contributed by atoms with van der Waals surface area (Å²) in [5, 5.41) is 9.25. The summed E-state index contributed by atoms with van der Waals surface area (Å²) >= 11 is 0. The summed E-state index contributed by atoms with van der Waals surface area (Å²) in [5.74, 6) is -1.15. The number of carboxylic acids is 1. The number of hydrogen-bond acceptors (Lipinski definition) is 4. The number of benzene rings is 1. The number of H-pyrrole nitrogens is 1. The Kier molecular flexibility index (Phi) is 4.54. The van der Waals surface area contributed by atoms with Crippen LogP contribution in [0.2, 0.25) is 0 Å². The van der Waals surface area contributed by atoms with Gasteiger partial charge in [-0.15, -0.1) is 0 Å². The molecule has 0 saturated carbocycles. The molecule has 1 heterocycles. The highest BCUT2D eigenvalue weighted by Crippen LogP contribution is 2.15. The number of rotatable bonds is 6. The van der Waals surface area contributed by atoms with Crippen LogP contribution in [0.5, 0.6) is 0 Å². The molecule has 0 bridgehead atoms. The number of aromatic carboxylic acids is 1. The minimum atomic E-state index is -1.15. The fourth-order valence-corrected chi connectivity index (χ4v) is 2.19. The SMILES string of the molecule is CCOCCCn1c(=O)c(=O)[nH]c2cccc(C(=O)O)c21. The van der Waals surface area contributed by atoms with Gasteiger partial charge in [0, 0.05) is 19.8 Å². The van der Waals surface area contributed by atoms with E-state index in [2.05, 4.69) is 4.98 Å². The number of ether oxygens (including phenoxy) is 1. The number of carboxylic acid groups (broad SMARTS) is 1. The Morgan fingerprint density at radius 1 is 1.38 bits per heavy atom. The zero-order valence-electron chi connectivity index (χ0n) is 11.6. The van der Waals surface area contributed by atoms with Crippen molar-refractivity contribution < 1.29 is 14.6 Å². The van der Waals surface area contributed by atoms with Crippen LogP contribution < -0.4 is 11.1 Å².